The van der Waals surface area contributed by atoms with Crippen LogP contribution in [0.15, 0.2) is 52.3 Å². The van der Waals surface area contributed by atoms with E-state index in [1.54, 1.807) is 5.56 Å². The molecule has 2 aromatic carbocycles. The Kier molecular flexibility index (Phi) is 5.02. The van der Waals surface area contributed by atoms with Crippen molar-refractivity contribution >= 4 is 17.4 Å². The van der Waals surface area contributed by atoms with Gasteiger partial charge in [0.05, 0.1) is 5.69 Å². The van der Waals surface area contributed by atoms with Gasteiger partial charge in [-0.25, -0.2) is 0 Å². The highest BCUT2D eigenvalue weighted by molar-refractivity contribution is 7.99. The number of fused-ring (bicyclic) bond motifs is 3. The molecular weight excluding hydrogens is 336 g/mol. The fourth-order valence-electron chi connectivity index (χ4n) is 4.66. The summed E-state index contributed by atoms with van der Waals surface area (Å²) in [6, 6.07) is 16.5. The van der Waals surface area contributed by atoms with Crippen molar-refractivity contribution in [3.8, 4) is 0 Å². The Balaban J connectivity index is 1.62. The maximum atomic E-state index is 2.68. The van der Waals surface area contributed by atoms with E-state index >= 15 is 0 Å². The second-order valence-corrected chi connectivity index (χ2v) is 9.45. The number of aryl methyl sites for hydroxylation is 1. The Bertz CT molecular complexity index is 768. The van der Waals surface area contributed by atoms with E-state index in [0.29, 0.717) is 12.0 Å². The van der Waals surface area contributed by atoms with Crippen molar-refractivity contribution in [1.29, 1.82) is 0 Å². The summed E-state index contributed by atoms with van der Waals surface area (Å²) < 4.78 is 0. The number of benzene rings is 2. The van der Waals surface area contributed by atoms with Crippen LogP contribution in [-0.2, 0) is 0 Å². The van der Waals surface area contributed by atoms with Gasteiger partial charge in [0.2, 0.25) is 0 Å². The first-order valence-electron chi connectivity index (χ1n) is 9.85. The molecule has 3 heteroatoms. The molecule has 2 aromatic rings. The van der Waals surface area contributed by atoms with E-state index in [1.165, 1.54) is 47.1 Å². The number of rotatable bonds is 4. The summed E-state index contributed by atoms with van der Waals surface area (Å²) in [5.74, 6) is 1.40. The van der Waals surface area contributed by atoms with Gasteiger partial charge >= 0.3 is 0 Å². The van der Waals surface area contributed by atoms with Crippen molar-refractivity contribution in [2.45, 2.75) is 48.9 Å². The predicted molar refractivity (Wildman–Crippen MR) is 113 cm³/mol. The Morgan fingerprint density at radius 1 is 1.12 bits per heavy atom. The number of para-hydroxylation sites is 1. The minimum atomic E-state index is 0.654. The van der Waals surface area contributed by atoms with Crippen molar-refractivity contribution in [3.05, 3.63) is 53.6 Å². The van der Waals surface area contributed by atoms with E-state index in [1.807, 2.05) is 11.8 Å². The van der Waals surface area contributed by atoms with Crippen molar-refractivity contribution < 1.29 is 0 Å². The molecule has 0 aliphatic carbocycles. The third-order valence-electron chi connectivity index (χ3n) is 5.81. The Hall–Kier alpha value is -1.45. The molecule has 0 bridgehead atoms. The van der Waals surface area contributed by atoms with E-state index in [-0.39, 0.29) is 0 Å². The Morgan fingerprint density at radius 3 is 2.62 bits per heavy atom. The lowest BCUT2D eigenvalue weighted by Crippen LogP contribution is -2.46. The number of anilines is 1. The zero-order valence-corrected chi connectivity index (χ0v) is 17.2. The highest BCUT2D eigenvalue weighted by Crippen LogP contribution is 2.49. The van der Waals surface area contributed by atoms with E-state index in [9.17, 15) is 0 Å². The fraction of sp³-hybridized carbons (Fsp3) is 0.478. The lowest BCUT2D eigenvalue weighted by molar-refractivity contribution is 0.177. The fourth-order valence-corrected chi connectivity index (χ4v) is 5.69. The van der Waals surface area contributed by atoms with Crippen LogP contribution in [0.25, 0.3) is 0 Å². The molecule has 2 unspecified atom stereocenters. The maximum Gasteiger partial charge on any atom is 0.0544 e. The molecule has 2 nitrogen and oxygen atoms in total. The van der Waals surface area contributed by atoms with Crippen LogP contribution in [0.4, 0.5) is 5.69 Å². The van der Waals surface area contributed by atoms with E-state index in [2.05, 4.69) is 80.1 Å². The second-order valence-electron chi connectivity index (χ2n) is 8.34. The molecule has 0 amide bonds. The van der Waals surface area contributed by atoms with Gasteiger partial charge in [0.25, 0.3) is 0 Å². The van der Waals surface area contributed by atoms with Gasteiger partial charge in [0.15, 0.2) is 0 Å². The maximum absolute atomic E-state index is 2.68. The first-order chi connectivity index (χ1) is 12.5. The largest absolute Gasteiger partial charge is 0.370 e. The van der Waals surface area contributed by atoms with Crippen LogP contribution in [0.5, 0.6) is 0 Å². The summed E-state index contributed by atoms with van der Waals surface area (Å²) >= 11 is 1.91. The summed E-state index contributed by atoms with van der Waals surface area (Å²) in [4.78, 5) is 7.98. The summed E-state index contributed by atoms with van der Waals surface area (Å²) in [7, 11) is 2.31. The molecule has 138 valence electrons. The predicted octanol–water partition coefficient (Wildman–Crippen LogP) is 5.41. The van der Waals surface area contributed by atoms with Crippen molar-refractivity contribution in [2.24, 2.45) is 5.92 Å². The summed E-state index contributed by atoms with van der Waals surface area (Å²) in [5.41, 5.74) is 4.35. The first-order valence-corrected chi connectivity index (χ1v) is 10.7. The summed E-state index contributed by atoms with van der Waals surface area (Å²) in [6.07, 6.45) is 1.28. The monoisotopic (exact) mass is 366 g/mol. The molecule has 2 aliphatic rings. The van der Waals surface area contributed by atoms with E-state index < -0.39 is 0 Å². The average molecular weight is 367 g/mol. The van der Waals surface area contributed by atoms with E-state index in [0.717, 1.165) is 5.92 Å². The van der Waals surface area contributed by atoms with Crippen LogP contribution in [-0.4, -0.2) is 37.6 Å². The standard InChI is InChI=1S/C23H30N2S/c1-16(2)14-25-13-12-21-20(15-25)19-6-5-7-22(23(19)24(21)4)26-18-10-8-17(3)9-11-18/h5-11,16,20-21H,12-15H2,1-4H3. The van der Waals surface area contributed by atoms with Crippen molar-refractivity contribution in [1.82, 2.24) is 4.90 Å². The van der Waals surface area contributed by atoms with Gasteiger partial charge < -0.3 is 9.80 Å². The smallest absolute Gasteiger partial charge is 0.0544 e. The molecule has 26 heavy (non-hydrogen) atoms. The third-order valence-corrected chi connectivity index (χ3v) is 6.87. The molecule has 4 rings (SSSR count). The number of likely N-dealkylation sites (tertiary alicyclic amines) is 1. The molecule has 2 heterocycles. The molecule has 2 aliphatic heterocycles. The van der Waals surface area contributed by atoms with Gasteiger partial charge in [-0.3, -0.25) is 0 Å². The van der Waals surface area contributed by atoms with Gasteiger partial charge in [-0.2, -0.15) is 0 Å². The highest BCUT2D eigenvalue weighted by atomic mass is 32.2. The normalized spacial score (nSPS) is 22.6. The number of hydrogen-bond acceptors (Lipinski definition) is 3. The van der Waals surface area contributed by atoms with Crippen LogP contribution in [0.1, 0.15) is 37.3 Å². The molecule has 0 saturated carbocycles. The molecule has 1 saturated heterocycles. The van der Waals surface area contributed by atoms with Crippen LogP contribution >= 0.6 is 11.8 Å². The summed E-state index contributed by atoms with van der Waals surface area (Å²) in [5, 5.41) is 0. The van der Waals surface area contributed by atoms with Crippen molar-refractivity contribution in [3.63, 3.8) is 0 Å². The lowest BCUT2D eigenvalue weighted by atomic mass is 9.89. The lowest BCUT2D eigenvalue weighted by Gasteiger charge is -2.38. The minimum absolute atomic E-state index is 0.654. The summed E-state index contributed by atoms with van der Waals surface area (Å²) in [6.45, 7) is 10.5. The molecule has 0 aromatic heterocycles. The topological polar surface area (TPSA) is 6.48 Å². The third kappa shape index (κ3) is 3.39. The van der Waals surface area contributed by atoms with Crippen molar-refractivity contribution in [2.75, 3.05) is 31.6 Å². The van der Waals surface area contributed by atoms with Gasteiger partial charge in [-0.15, -0.1) is 0 Å². The zero-order valence-electron chi connectivity index (χ0n) is 16.4. The van der Waals surface area contributed by atoms with Crippen LogP contribution in [0.2, 0.25) is 0 Å². The number of likely N-dealkylation sites (N-methyl/N-ethyl adjacent to an activating group) is 1. The van der Waals surface area contributed by atoms with E-state index in [4.69, 9.17) is 0 Å². The molecular formula is C23H30N2S. The van der Waals surface area contributed by atoms with Gasteiger partial charge in [-0.1, -0.05) is 55.4 Å². The number of piperidine rings is 1. The van der Waals surface area contributed by atoms with Crippen LogP contribution in [0, 0.1) is 12.8 Å². The first kappa shape index (κ1) is 17.9. The molecule has 0 radical (unpaired) electrons. The van der Waals surface area contributed by atoms with Crippen LogP contribution < -0.4 is 4.90 Å². The van der Waals surface area contributed by atoms with Crippen LogP contribution in [0.3, 0.4) is 0 Å². The molecule has 2 atom stereocenters. The average Bonchev–Trinajstić information content (AvgIpc) is 2.90. The number of nitrogens with zero attached hydrogens (tertiary/aromatic N) is 2. The zero-order chi connectivity index (χ0) is 18.3. The quantitative estimate of drug-likeness (QED) is 0.714. The van der Waals surface area contributed by atoms with Gasteiger partial charge in [0.1, 0.15) is 0 Å². The number of hydrogen-bond donors (Lipinski definition) is 0. The minimum Gasteiger partial charge on any atom is -0.370 e. The Labute approximate surface area is 162 Å². The highest BCUT2D eigenvalue weighted by Gasteiger charge is 2.41. The SMILES string of the molecule is Cc1ccc(Sc2cccc3c2N(C)C2CCN(CC(C)C)CC32)cc1. The van der Waals surface area contributed by atoms with Gasteiger partial charge in [0, 0.05) is 48.4 Å². The molecule has 1 fully saturated rings. The van der Waals surface area contributed by atoms with Gasteiger partial charge in [-0.05, 0) is 43.0 Å². The second kappa shape index (κ2) is 7.28. The molecule has 0 N–H and O–H groups in total. The molecule has 0 spiro atoms. The Morgan fingerprint density at radius 2 is 1.88 bits per heavy atom.